The minimum absolute atomic E-state index is 0.0474. The second kappa shape index (κ2) is 15.3. The van der Waals surface area contributed by atoms with Gasteiger partial charge in [0.25, 0.3) is 0 Å². The number of allylic oxidation sites excluding steroid dienone is 4. The van der Waals surface area contributed by atoms with E-state index in [0.29, 0.717) is 5.02 Å². The average Bonchev–Trinajstić information content (AvgIpc) is 3.20. The lowest BCUT2D eigenvalue weighted by Crippen LogP contribution is -2.11. The highest BCUT2D eigenvalue weighted by Gasteiger charge is 2.17. The molecule has 7 aromatic rings. The van der Waals surface area contributed by atoms with E-state index in [2.05, 4.69) is 148 Å². The molecule has 7 rings (SSSR count). The Morgan fingerprint density at radius 1 is 0.491 bits per heavy atom. The molecule has 0 fully saturated rings. The molecule has 0 saturated heterocycles. The predicted octanol–water partition coefficient (Wildman–Crippen LogP) is 14.0. The van der Waals surface area contributed by atoms with Crippen molar-refractivity contribution in [2.45, 2.75) is 26.2 Å². The number of aromatic nitrogens is 2. The van der Waals surface area contributed by atoms with E-state index < -0.39 is 0 Å². The summed E-state index contributed by atoms with van der Waals surface area (Å²) in [6.45, 7) is 15.2. The molecule has 0 amide bonds. The third-order valence-corrected chi connectivity index (χ3v) is 9.97. The van der Waals surface area contributed by atoms with Gasteiger partial charge in [0.15, 0.2) is 0 Å². The molecule has 3 heteroatoms. The van der Waals surface area contributed by atoms with Crippen LogP contribution in [0.4, 0.5) is 0 Å². The van der Waals surface area contributed by atoms with E-state index in [9.17, 15) is 0 Å². The van der Waals surface area contributed by atoms with Crippen molar-refractivity contribution in [1.29, 1.82) is 0 Å². The summed E-state index contributed by atoms with van der Waals surface area (Å²) < 4.78 is 0. The van der Waals surface area contributed by atoms with Gasteiger partial charge in [0.2, 0.25) is 0 Å². The minimum Gasteiger partial charge on any atom is -0.256 e. The first-order chi connectivity index (χ1) is 25.7. The Kier molecular flexibility index (Phi) is 10.2. The van der Waals surface area contributed by atoms with Crippen LogP contribution in [-0.4, -0.2) is 9.97 Å². The summed E-state index contributed by atoms with van der Waals surface area (Å²) >= 11 is 6.84. The van der Waals surface area contributed by atoms with E-state index in [1.54, 1.807) is 0 Å². The molecule has 0 unspecified atom stereocenters. The molecule has 2 nitrogen and oxygen atoms in total. The van der Waals surface area contributed by atoms with Crippen molar-refractivity contribution in [1.82, 2.24) is 9.97 Å². The maximum atomic E-state index is 6.84. The second-order valence-corrected chi connectivity index (χ2v) is 14.5. The van der Waals surface area contributed by atoms with Gasteiger partial charge in [0.1, 0.15) is 0 Å². The zero-order chi connectivity index (χ0) is 37.0. The Hall–Kier alpha value is -6.09. The molecule has 0 aliphatic carbocycles. The molecule has 0 radical (unpaired) electrons. The Balaban J connectivity index is 1.34. The van der Waals surface area contributed by atoms with Gasteiger partial charge in [-0.05, 0) is 110 Å². The molecule has 258 valence electrons. The van der Waals surface area contributed by atoms with E-state index in [1.807, 2.05) is 60.9 Å². The van der Waals surface area contributed by atoms with Crippen molar-refractivity contribution in [2.24, 2.45) is 0 Å². The molecule has 0 saturated carbocycles. The van der Waals surface area contributed by atoms with Gasteiger partial charge >= 0.3 is 0 Å². The predicted molar refractivity (Wildman–Crippen MR) is 227 cm³/mol. The second-order valence-electron chi connectivity index (χ2n) is 14.1. The van der Waals surface area contributed by atoms with E-state index in [-0.39, 0.29) is 5.41 Å². The Bertz CT molecular complexity index is 2450. The Morgan fingerprint density at radius 3 is 1.64 bits per heavy atom. The number of halogens is 1. The summed E-state index contributed by atoms with van der Waals surface area (Å²) in [5, 5.41) is 0.696. The van der Waals surface area contributed by atoms with Gasteiger partial charge in [-0.2, -0.15) is 0 Å². The van der Waals surface area contributed by atoms with Crippen molar-refractivity contribution in [3.05, 3.63) is 205 Å². The number of nitrogens with zero attached hydrogens (tertiary/aromatic N) is 2. The summed E-state index contributed by atoms with van der Waals surface area (Å²) in [5.41, 5.74) is 15.8. The monoisotopic (exact) mass is 704 g/mol. The number of hydrogen-bond donors (Lipinski definition) is 0. The fourth-order valence-corrected chi connectivity index (χ4v) is 7.02. The molecule has 2 heterocycles. The molecule has 0 spiro atoms. The topological polar surface area (TPSA) is 25.8 Å². The molecular formula is C50H41ClN2. The maximum absolute atomic E-state index is 6.84. The van der Waals surface area contributed by atoms with Gasteiger partial charge in [0.05, 0.1) is 11.4 Å². The smallest absolute Gasteiger partial charge is 0.0704 e. The van der Waals surface area contributed by atoms with Crippen LogP contribution in [0.5, 0.6) is 0 Å². The number of benzene rings is 5. The number of hydrogen-bond acceptors (Lipinski definition) is 2. The van der Waals surface area contributed by atoms with Crippen LogP contribution < -0.4 is 0 Å². The highest BCUT2D eigenvalue weighted by atomic mass is 35.5. The van der Waals surface area contributed by atoms with Crippen LogP contribution in [0.3, 0.4) is 0 Å². The van der Waals surface area contributed by atoms with Crippen molar-refractivity contribution in [3.63, 3.8) is 0 Å². The summed E-state index contributed by atoms with van der Waals surface area (Å²) in [4.78, 5) is 9.22. The molecule has 0 aliphatic heterocycles. The molecule has 53 heavy (non-hydrogen) atoms. The quantitative estimate of drug-likeness (QED) is 0.110. The Morgan fingerprint density at radius 2 is 1.02 bits per heavy atom. The molecule has 5 aromatic carbocycles. The van der Waals surface area contributed by atoms with Crippen molar-refractivity contribution >= 4 is 22.7 Å². The molecule has 2 aromatic heterocycles. The Labute approximate surface area is 318 Å². The third kappa shape index (κ3) is 7.60. The van der Waals surface area contributed by atoms with Gasteiger partial charge in [0, 0.05) is 34.1 Å². The summed E-state index contributed by atoms with van der Waals surface area (Å²) in [6.07, 6.45) is 7.56. The zero-order valence-electron chi connectivity index (χ0n) is 30.4. The normalized spacial score (nSPS) is 11.8. The first kappa shape index (κ1) is 35.3. The molecule has 0 atom stereocenters. The zero-order valence-corrected chi connectivity index (χ0v) is 31.1. The highest BCUT2D eigenvalue weighted by Crippen LogP contribution is 2.40. The van der Waals surface area contributed by atoms with E-state index in [1.165, 1.54) is 5.56 Å². The minimum atomic E-state index is 0.0474. The lowest BCUT2D eigenvalue weighted by atomic mass is 9.86. The van der Waals surface area contributed by atoms with Gasteiger partial charge in [-0.25, -0.2) is 0 Å². The molecular weight excluding hydrogens is 664 g/mol. The number of rotatable bonds is 9. The van der Waals surface area contributed by atoms with Gasteiger partial charge in [-0.1, -0.05) is 155 Å². The van der Waals surface area contributed by atoms with E-state index in [4.69, 9.17) is 16.6 Å². The van der Waals surface area contributed by atoms with Crippen LogP contribution in [0, 0.1) is 0 Å². The largest absolute Gasteiger partial charge is 0.256 e. The first-order valence-corrected chi connectivity index (χ1v) is 18.2. The van der Waals surface area contributed by atoms with Gasteiger partial charge in [-0.15, -0.1) is 0 Å². The van der Waals surface area contributed by atoms with Crippen LogP contribution in [0.2, 0.25) is 5.02 Å². The van der Waals surface area contributed by atoms with Crippen LogP contribution in [0.15, 0.2) is 183 Å². The summed E-state index contributed by atoms with van der Waals surface area (Å²) in [7, 11) is 0. The fourth-order valence-electron chi connectivity index (χ4n) is 6.77. The fraction of sp³-hybridized carbons (Fsp3) is 0.0800. The van der Waals surface area contributed by atoms with E-state index >= 15 is 0 Å². The third-order valence-electron chi connectivity index (χ3n) is 9.64. The highest BCUT2D eigenvalue weighted by molar-refractivity contribution is 6.33. The van der Waals surface area contributed by atoms with Crippen molar-refractivity contribution in [2.75, 3.05) is 0 Å². The van der Waals surface area contributed by atoms with Crippen LogP contribution in [-0.2, 0) is 5.41 Å². The van der Waals surface area contributed by atoms with Crippen molar-refractivity contribution < 1.29 is 0 Å². The average molecular weight is 705 g/mol. The maximum Gasteiger partial charge on any atom is 0.0704 e. The molecule has 0 aliphatic rings. The lowest BCUT2D eigenvalue weighted by molar-refractivity contribution is 0.589. The summed E-state index contributed by atoms with van der Waals surface area (Å²) in [5.74, 6) is 0. The SMILES string of the molecule is C=C/C(=C(\C=C)c1cc(-c2ccccc2Cl)cc(-c2ccccc2-c2ccc(-c3cc(C(C)(C)C)ccn3)cc2)c1)c1ccc(-c2ccccn2)cc1. The standard InChI is InChI=1S/C50H41ClN2/c1-6-42(34-19-23-36(24-20-34)48-18-12-13-28-52-48)43(7-2)38-30-39(32-40(31-38)46-16-10-11-17-47(46)51)45-15-9-8-14-44(45)35-21-25-37(26-22-35)49-33-41(27-29-53-49)50(3,4)5/h6-33H,1-2H2,3-5H3/b43-42-. The number of pyridine rings is 2. The lowest BCUT2D eigenvalue weighted by Gasteiger charge is -2.19. The van der Waals surface area contributed by atoms with Crippen LogP contribution >= 0.6 is 11.6 Å². The summed E-state index contributed by atoms with van der Waals surface area (Å²) in [6, 6.07) is 50.7. The first-order valence-electron chi connectivity index (χ1n) is 17.8. The van der Waals surface area contributed by atoms with E-state index in [0.717, 1.165) is 78.2 Å². The van der Waals surface area contributed by atoms with Gasteiger partial charge < -0.3 is 0 Å². The van der Waals surface area contributed by atoms with Crippen molar-refractivity contribution in [3.8, 4) is 55.9 Å². The van der Waals surface area contributed by atoms with Crippen LogP contribution in [0.1, 0.15) is 37.5 Å². The molecule has 0 bridgehead atoms. The van der Waals surface area contributed by atoms with Gasteiger partial charge in [-0.3, -0.25) is 9.97 Å². The molecule has 0 N–H and O–H groups in total. The van der Waals surface area contributed by atoms with Crippen LogP contribution in [0.25, 0.3) is 67.0 Å².